The van der Waals surface area contributed by atoms with Gasteiger partial charge in [-0.25, -0.2) is 9.59 Å². The van der Waals surface area contributed by atoms with Crippen molar-refractivity contribution in [2.45, 2.75) is 50.7 Å². The van der Waals surface area contributed by atoms with Gasteiger partial charge in [0.15, 0.2) is 0 Å². The number of hydrogen-bond acceptors (Lipinski definition) is 4. The number of nitrogens with one attached hydrogen (secondary N) is 1. The molecule has 1 saturated carbocycles. The quantitative estimate of drug-likeness (QED) is 0.676. The molecule has 2 aromatic carbocycles. The Kier molecular flexibility index (Phi) is 4.97. The lowest BCUT2D eigenvalue weighted by Crippen LogP contribution is -2.55. The second-order valence-corrected chi connectivity index (χ2v) is 8.11. The Hall–Kier alpha value is -3.35. The predicted molar refractivity (Wildman–Crippen MR) is 108 cm³/mol. The highest BCUT2D eigenvalue weighted by Crippen LogP contribution is 2.34. The summed E-state index contributed by atoms with van der Waals surface area (Å²) in [6.07, 6.45) is 3.17. The van der Waals surface area contributed by atoms with Crippen LogP contribution in [0.25, 0.3) is 0 Å². The Labute approximate surface area is 173 Å². The normalized spacial score (nSPS) is 20.2. The highest BCUT2D eigenvalue weighted by Gasteiger charge is 2.46. The molecule has 0 bridgehead atoms. The van der Waals surface area contributed by atoms with E-state index in [0.29, 0.717) is 16.9 Å². The van der Waals surface area contributed by atoms with Crippen LogP contribution in [0.5, 0.6) is 5.75 Å². The Morgan fingerprint density at radius 1 is 1.07 bits per heavy atom. The lowest BCUT2D eigenvalue weighted by molar-refractivity contribution is -0.144. The van der Waals surface area contributed by atoms with Gasteiger partial charge in [0.2, 0.25) is 0 Å². The van der Waals surface area contributed by atoms with E-state index in [2.05, 4.69) is 5.32 Å². The van der Waals surface area contributed by atoms with Gasteiger partial charge in [0.1, 0.15) is 11.3 Å². The number of aliphatic carboxylic acids is 1. The van der Waals surface area contributed by atoms with Gasteiger partial charge in [0, 0.05) is 12.8 Å². The topological polar surface area (TPSA) is 113 Å². The Bertz CT molecular complexity index is 1040. The van der Waals surface area contributed by atoms with E-state index in [-0.39, 0.29) is 24.5 Å². The molecule has 156 valence electrons. The van der Waals surface area contributed by atoms with Crippen LogP contribution in [0.3, 0.4) is 0 Å². The monoisotopic (exact) mass is 409 g/mol. The zero-order chi connectivity index (χ0) is 21.5. The van der Waals surface area contributed by atoms with Crippen LogP contribution in [0.1, 0.15) is 56.7 Å². The fourth-order valence-electron chi connectivity index (χ4n) is 4.03. The number of amides is 1. The number of carboxylic acid groups (broad SMARTS) is 2. The molecule has 1 unspecified atom stereocenters. The maximum Gasteiger partial charge on any atom is 0.335 e. The first kappa shape index (κ1) is 19.9. The summed E-state index contributed by atoms with van der Waals surface area (Å²) < 4.78 is 6.02. The molecule has 2 aliphatic carbocycles. The van der Waals surface area contributed by atoms with Gasteiger partial charge >= 0.3 is 11.9 Å². The number of benzene rings is 2. The number of carboxylic acids is 2. The molecule has 30 heavy (non-hydrogen) atoms. The van der Waals surface area contributed by atoms with Crippen LogP contribution in [0.15, 0.2) is 36.4 Å². The van der Waals surface area contributed by atoms with E-state index >= 15 is 0 Å². The van der Waals surface area contributed by atoms with Crippen LogP contribution in [0.2, 0.25) is 0 Å². The van der Waals surface area contributed by atoms with E-state index in [4.69, 9.17) is 4.74 Å². The van der Waals surface area contributed by atoms with Gasteiger partial charge in [-0.15, -0.1) is 0 Å². The third-order valence-electron chi connectivity index (χ3n) is 5.99. The van der Waals surface area contributed by atoms with Crippen LogP contribution in [0.4, 0.5) is 0 Å². The van der Waals surface area contributed by atoms with Crippen LogP contribution >= 0.6 is 0 Å². The molecule has 0 saturated heterocycles. The van der Waals surface area contributed by atoms with E-state index in [1.165, 1.54) is 12.1 Å². The summed E-state index contributed by atoms with van der Waals surface area (Å²) in [6.45, 7) is 1.86. The van der Waals surface area contributed by atoms with Gasteiger partial charge < -0.3 is 20.3 Å². The molecule has 0 aromatic heterocycles. The number of carbonyl (C=O) groups is 3. The van der Waals surface area contributed by atoms with Crippen molar-refractivity contribution in [1.82, 2.24) is 5.32 Å². The number of para-hydroxylation sites is 1. The van der Waals surface area contributed by atoms with Crippen molar-refractivity contribution < 1.29 is 29.3 Å². The summed E-state index contributed by atoms with van der Waals surface area (Å²) in [4.78, 5) is 36.6. The average Bonchev–Trinajstić information content (AvgIpc) is 3.03. The summed E-state index contributed by atoms with van der Waals surface area (Å²) in [5, 5.41) is 21.9. The molecule has 0 heterocycles. The van der Waals surface area contributed by atoms with E-state index < -0.39 is 23.4 Å². The minimum atomic E-state index is -1.53. The number of carbonyl (C=O) groups excluding carboxylic acids is 1. The molecule has 2 aliphatic rings. The molecule has 7 nitrogen and oxygen atoms in total. The van der Waals surface area contributed by atoms with E-state index in [1.54, 1.807) is 18.2 Å². The van der Waals surface area contributed by atoms with Crippen molar-refractivity contribution in [3.8, 4) is 5.75 Å². The zero-order valence-electron chi connectivity index (χ0n) is 16.6. The second-order valence-electron chi connectivity index (χ2n) is 8.11. The number of rotatable bonds is 6. The molecular formula is C23H23NO6. The van der Waals surface area contributed by atoms with E-state index in [1.807, 2.05) is 13.0 Å². The lowest BCUT2D eigenvalue weighted by atomic mass is 9.94. The fourth-order valence-corrected chi connectivity index (χ4v) is 4.03. The summed E-state index contributed by atoms with van der Waals surface area (Å²) in [5.41, 5.74) is 1.03. The van der Waals surface area contributed by atoms with Crippen molar-refractivity contribution in [2.24, 2.45) is 0 Å². The SMILES string of the molecule is Cc1cccc(C(=O)NC2(C(=O)O)Cc3ccc(C(=O)O)cc3C2)c1OC1CCC1. The molecule has 2 aromatic rings. The zero-order valence-corrected chi connectivity index (χ0v) is 16.6. The predicted octanol–water partition coefficient (Wildman–Crippen LogP) is 2.98. The van der Waals surface area contributed by atoms with Gasteiger partial charge in [0.05, 0.1) is 17.2 Å². The Morgan fingerprint density at radius 2 is 1.80 bits per heavy atom. The molecule has 7 heteroatoms. The first-order valence-electron chi connectivity index (χ1n) is 9.96. The van der Waals surface area contributed by atoms with Gasteiger partial charge in [-0.3, -0.25) is 4.79 Å². The molecule has 1 fully saturated rings. The standard InChI is InChI=1S/C23H23NO6/c1-13-4-2-7-18(19(13)30-17-5-3-6-17)20(25)24-23(22(28)29)11-15-9-8-14(21(26)27)10-16(15)12-23/h2,4,7-10,17H,3,5-6,11-12H2,1H3,(H,24,25)(H,26,27)(H,28,29). The molecule has 0 spiro atoms. The van der Waals surface area contributed by atoms with Crippen molar-refractivity contribution in [3.05, 3.63) is 64.2 Å². The minimum Gasteiger partial charge on any atom is -0.489 e. The molecule has 1 atom stereocenters. The largest absolute Gasteiger partial charge is 0.489 e. The van der Waals surface area contributed by atoms with Gasteiger partial charge in [-0.1, -0.05) is 18.2 Å². The molecule has 3 N–H and O–H groups in total. The maximum absolute atomic E-state index is 13.1. The van der Waals surface area contributed by atoms with Crippen LogP contribution in [0, 0.1) is 6.92 Å². The van der Waals surface area contributed by atoms with Crippen LogP contribution in [-0.2, 0) is 17.6 Å². The molecule has 1 amide bonds. The average molecular weight is 409 g/mol. The summed E-state index contributed by atoms with van der Waals surface area (Å²) in [5.74, 6) is -2.25. The van der Waals surface area contributed by atoms with E-state index in [0.717, 1.165) is 30.4 Å². The van der Waals surface area contributed by atoms with Crippen molar-refractivity contribution >= 4 is 17.8 Å². The van der Waals surface area contributed by atoms with Crippen molar-refractivity contribution in [1.29, 1.82) is 0 Å². The smallest absolute Gasteiger partial charge is 0.335 e. The van der Waals surface area contributed by atoms with Crippen LogP contribution < -0.4 is 10.1 Å². The lowest BCUT2D eigenvalue weighted by Gasteiger charge is -2.29. The third kappa shape index (κ3) is 3.51. The summed E-state index contributed by atoms with van der Waals surface area (Å²) in [7, 11) is 0. The second kappa shape index (κ2) is 7.48. The van der Waals surface area contributed by atoms with Crippen molar-refractivity contribution in [3.63, 3.8) is 0 Å². The van der Waals surface area contributed by atoms with Crippen molar-refractivity contribution in [2.75, 3.05) is 0 Å². The maximum atomic E-state index is 13.1. The summed E-state index contributed by atoms with van der Waals surface area (Å²) in [6, 6.07) is 9.78. The minimum absolute atomic E-state index is 0.0230. The number of hydrogen-bond donors (Lipinski definition) is 3. The fraction of sp³-hybridized carbons (Fsp3) is 0.348. The Morgan fingerprint density at radius 3 is 2.43 bits per heavy atom. The van der Waals surface area contributed by atoms with Gasteiger partial charge in [-0.2, -0.15) is 0 Å². The number of ether oxygens (including phenoxy) is 1. The first-order valence-corrected chi connectivity index (χ1v) is 9.96. The molecule has 4 rings (SSSR count). The first-order chi connectivity index (χ1) is 14.3. The molecule has 0 aliphatic heterocycles. The molecular weight excluding hydrogens is 386 g/mol. The molecule has 0 radical (unpaired) electrons. The highest BCUT2D eigenvalue weighted by atomic mass is 16.5. The number of fused-ring (bicyclic) bond motifs is 1. The highest BCUT2D eigenvalue weighted by molar-refractivity contribution is 6.01. The Balaban J connectivity index is 1.62. The third-order valence-corrected chi connectivity index (χ3v) is 5.99. The van der Waals surface area contributed by atoms with E-state index in [9.17, 15) is 24.6 Å². The summed E-state index contributed by atoms with van der Waals surface area (Å²) >= 11 is 0. The van der Waals surface area contributed by atoms with Gasteiger partial charge in [-0.05, 0) is 61.1 Å². The number of aromatic carboxylic acids is 1. The van der Waals surface area contributed by atoms with Crippen LogP contribution in [-0.4, -0.2) is 39.7 Å². The van der Waals surface area contributed by atoms with Gasteiger partial charge in [0.25, 0.3) is 5.91 Å². The number of aryl methyl sites for hydroxylation is 1.